The molecule has 3 rings (SSSR count). The zero-order valence-corrected chi connectivity index (χ0v) is 17.0. The van der Waals surface area contributed by atoms with Crippen LogP contribution in [-0.4, -0.2) is 56.7 Å². The zero-order valence-electron chi connectivity index (χ0n) is 16.3. The summed E-state index contributed by atoms with van der Waals surface area (Å²) >= 11 is 6.46. The number of benzene rings is 1. The summed E-state index contributed by atoms with van der Waals surface area (Å²) < 4.78 is 5.49. The maximum Gasteiger partial charge on any atom is 0.220 e. The van der Waals surface area contributed by atoms with Crippen molar-refractivity contribution < 1.29 is 9.53 Å². The van der Waals surface area contributed by atoms with Crippen molar-refractivity contribution in [1.82, 2.24) is 15.5 Å². The van der Waals surface area contributed by atoms with Crippen LogP contribution in [0.25, 0.3) is 0 Å². The molecule has 0 spiro atoms. The molecule has 6 heteroatoms. The minimum absolute atomic E-state index is 0.0817. The molecule has 2 fully saturated rings. The second kappa shape index (κ2) is 10.4. The quantitative estimate of drug-likeness (QED) is 0.747. The number of ether oxygens (including phenoxy) is 1. The van der Waals surface area contributed by atoms with E-state index in [9.17, 15) is 4.79 Å². The molecule has 2 saturated heterocycles. The van der Waals surface area contributed by atoms with Gasteiger partial charge in [0.25, 0.3) is 0 Å². The lowest BCUT2D eigenvalue weighted by Crippen LogP contribution is -2.44. The molecule has 27 heavy (non-hydrogen) atoms. The van der Waals surface area contributed by atoms with Crippen molar-refractivity contribution in [2.75, 3.05) is 45.9 Å². The number of hydrogen-bond donors (Lipinski definition) is 2. The maximum absolute atomic E-state index is 12.6. The first kappa shape index (κ1) is 20.6. The Balaban J connectivity index is 1.58. The molecule has 2 N–H and O–H groups in total. The summed E-state index contributed by atoms with van der Waals surface area (Å²) in [7, 11) is 0. The smallest absolute Gasteiger partial charge is 0.220 e. The number of morpholine rings is 1. The largest absolute Gasteiger partial charge is 0.379 e. The van der Waals surface area contributed by atoms with Crippen molar-refractivity contribution in [2.24, 2.45) is 11.8 Å². The molecule has 3 unspecified atom stereocenters. The van der Waals surface area contributed by atoms with Crippen LogP contribution in [-0.2, 0) is 9.53 Å². The number of amides is 1. The lowest BCUT2D eigenvalue weighted by molar-refractivity contribution is -0.122. The first-order chi connectivity index (χ1) is 13.1. The molecule has 2 aliphatic heterocycles. The Morgan fingerprint density at radius 2 is 2.15 bits per heavy atom. The molecule has 0 bridgehead atoms. The lowest BCUT2D eigenvalue weighted by atomic mass is 9.85. The van der Waals surface area contributed by atoms with Gasteiger partial charge < -0.3 is 15.4 Å². The Bertz CT molecular complexity index is 601. The molecular weight excluding hydrogens is 362 g/mol. The highest BCUT2D eigenvalue weighted by molar-refractivity contribution is 6.31. The average Bonchev–Trinajstić information content (AvgIpc) is 2.71. The number of hydrogen-bond acceptors (Lipinski definition) is 4. The van der Waals surface area contributed by atoms with E-state index in [1.807, 2.05) is 18.2 Å². The Kier molecular flexibility index (Phi) is 7.94. The van der Waals surface area contributed by atoms with Gasteiger partial charge in [0.1, 0.15) is 0 Å². The highest BCUT2D eigenvalue weighted by Gasteiger charge is 2.26. The van der Waals surface area contributed by atoms with Crippen molar-refractivity contribution in [3.05, 3.63) is 34.9 Å². The first-order valence-electron chi connectivity index (χ1n) is 10.2. The average molecular weight is 394 g/mol. The Morgan fingerprint density at radius 1 is 1.37 bits per heavy atom. The second-order valence-electron chi connectivity index (χ2n) is 7.78. The number of carbonyl (C=O) groups excluding carboxylic acids is 1. The molecule has 1 amide bonds. The second-order valence-corrected chi connectivity index (χ2v) is 8.18. The minimum Gasteiger partial charge on any atom is -0.379 e. The van der Waals surface area contributed by atoms with E-state index in [4.69, 9.17) is 16.3 Å². The van der Waals surface area contributed by atoms with Gasteiger partial charge >= 0.3 is 0 Å². The van der Waals surface area contributed by atoms with Gasteiger partial charge in [-0.2, -0.15) is 0 Å². The van der Waals surface area contributed by atoms with Crippen LogP contribution < -0.4 is 10.6 Å². The highest BCUT2D eigenvalue weighted by Crippen LogP contribution is 2.28. The van der Waals surface area contributed by atoms with Gasteiger partial charge in [0.05, 0.1) is 19.3 Å². The van der Waals surface area contributed by atoms with E-state index >= 15 is 0 Å². The van der Waals surface area contributed by atoms with Crippen molar-refractivity contribution in [2.45, 2.75) is 32.2 Å². The summed E-state index contributed by atoms with van der Waals surface area (Å²) in [6.07, 6.45) is 3.02. The van der Waals surface area contributed by atoms with Crippen molar-refractivity contribution >= 4 is 17.5 Å². The van der Waals surface area contributed by atoms with Crippen LogP contribution in [0.5, 0.6) is 0 Å². The van der Waals surface area contributed by atoms with Gasteiger partial charge in [0, 0.05) is 31.1 Å². The van der Waals surface area contributed by atoms with E-state index in [1.165, 1.54) is 12.8 Å². The van der Waals surface area contributed by atoms with Gasteiger partial charge in [-0.25, -0.2) is 0 Å². The topological polar surface area (TPSA) is 53.6 Å². The van der Waals surface area contributed by atoms with E-state index < -0.39 is 0 Å². The number of nitrogens with zero attached hydrogens (tertiary/aromatic N) is 1. The van der Waals surface area contributed by atoms with E-state index in [-0.39, 0.29) is 11.9 Å². The number of nitrogens with one attached hydrogen (secondary N) is 2. The van der Waals surface area contributed by atoms with Gasteiger partial charge in [-0.05, 0) is 49.4 Å². The summed E-state index contributed by atoms with van der Waals surface area (Å²) in [5.41, 5.74) is 1.07. The van der Waals surface area contributed by atoms with Gasteiger partial charge in [-0.1, -0.05) is 36.7 Å². The predicted molar refractivity (Wildman–Crippen MR) is 109 cm³/mol. The van der Waals surface area contributed by atoms with Crippen LogP contribution in [0.4, 0.5) is 0 Å². The van der Waals surface area contributed by atoms with E-state index in [0.717, 1.165) is 50.0 Å². The molecule has 2 aliphatic rings. The fourth-order valence-corrected chi connectivity index (χ4v) is 4.44. The molecule has 3 atom stereocenters. The number of piperidine rings is 1. The highest BCUT2D eigenvalue weighted by atomic mass is 35.5. The fraction of sp³-hybridized carbons (Fsp3) is 0.667. The monoisotopic (exact) mass is 393 g/mol. The SMILES string of the molecule is CC(CC(=O)NCC(c1ccccc1Cl)N1CCOCC1)C1CCCNC1. The van der Waals surface area contributed by atoms with Gasteiger partial charge in [0.15, 0.2) is 0 Å². The summed E-state index contributed by atoms with van der Waals surface area (Å²) in [4.78, 5) is 15.0. The third kappa shape index (κ3) is 5.92. The molecule has 0 radical (unpaired) electrons. The molecule has 0 saturated carbocycles. The van der Waals surface area contributed by atoms with E-state index in [2.05, 4.69) is 28.5 Å². The van der Waals surface area contributed by atoms with Crippen LogP contribution in [0.1, 0.15) is 37.8 Å². The molecule has 1 aromatic rings. The van der Waals surface area contributed by atoms with Gasteiger partial charge in [0.2, 0.25) is 5.91 Å². The molecular formula is C21H32ClN3O2. The van der Waals surface area contributed by atoms with Crippen molar-refractivity contribution in [3.8, 4) is 0 Å². The summed E-state index contributed by atoms with van der Waals surface area (Å²) in [6.45, 7) is 8.08. The normalized spacial score (nSPS) is 23.6. The fourth-order valence-electron chi connectivity index (χ4n) is 4.18. The summed E-state index contributed by atoms with van der Waals surface area (Å²) in [5.74, 6) is 1.14. The van der Waals surface area contributed by atoms with Crippen LogP contribution in [0.15, 0.2) is 24.3 Å². The Hall–Kier alpha value is -1.14. The predicted octanol–water partition coefficient (Wildman–Crippen LogP) is 2.86. The van der Waals surface area contributed by atoms with E-state index in [0.29, 0.717) is 24.8 Å². The third-order valence-electron chi connectivity index (χ3n) is 5.89. The summed E-state index contributed by atoms with van der Waals surface area (Å²) in [5, 5.41) is 7.37. The molecule has 2 heterocycles. The molecule has 0 aromatic heterocycles. The van der Waals surface area contributed by atoms with Crippen LogP contribution in [0, 0.1) is 11.8 Å². The Labute approximate surface area is 167 Å². The summed E-state index contributed by atoms with van der Waals surface area (Å²) in [6, 6.07) is 8.02. The Morgan fingerprint density at radius 3 is 2.85 bits per heavy atom. The molecule has 150 valence electrons. The standard InChI is InChI=1S/C21H32ClN3O2/c1-16(17-5-4-8-23-14-17)13-21(26)24-15-20(25-9-11-27-12-10-25)18-6-2-3-7-19(18)22/h2-3,6-7,16-17,20,23H,4-5,8-15H2,1H3,(H,24,26). The zero-order chi connectivity index (χ0) is 19.1. The molecule has 0 aliphatic carbocycles. The van der Waals surface area contributed by atoms with Crippen molar-refractivity contribution in [1.29, 1.82) is 0 Å². The minimum atomic E-state index is 0.0817. The lowest BCUT2D eigenvalue weighted by Gasteiger charge is -2.35. The van der Waals surface area contributed by atoms with Crippen molar-refractivity contribution in [3.63, 3.8) is 0 Å². The number of rotatable bonds is 7. The van der Waals surface area contributed by atoms with Gasteiger partial charge in [-0.15, -0.1) is 0 Å². The molecule has 5 nitrogen and oxygen atoms in total. The first-order valence-corrected chi connectivity index (χ1v) is 10.6. The van der Waals surface area contributed by atoms with Crippen LogP contribution >= 0.6 is 11.6 Å². The van der Waals surface area contributed by atoms with Crippen LogP contribution in [0.3, 0.4) is 0 Å². The van der Waals surface area contributed by atoms with E-state index in [1.54, 1.807) is 0 Å². The number of carbonyl (C=O) groups is 1. The maximum atomic E-state index is 12.6. The van der Waals surface area contributed by atoms with Crippen LogP contribution in [0.2, 0.25) is 5.02 Å². The van der Waals surface area contributed by atoms with Gasteiger partial charge in [-0.3, -0.25) is 9.69 Å². The third-order valence-corrected chi connectivity index (χ3v) is 6.23. The number of halogens is 1. The molecule has 1 aromatic carbocycles.